The van der Waals surface area contributed by atoms with Crippen molar-refractivity contribution < 1.29 is 4.79 Å². The zero-order valence-electron chi connectivity index (χ0n) is 19.2. The fraction of sp³-hybridized carbons (Fsp3) is 0.320. The highest BCUT2D eigenvalue weighted by Crippen LogP contribution is 2.24. The van der Waals surface area contributed by atoms with Crippen molar-refractivity contribution in [3.05, 3.63) is 65.9 Å². The predicted molar refractivity (Wildman–Crippen MR) is 128 cm³/mol. The number of carbonyl (C=O) groups excluding carboxylic acids is 1. The summed E-state index contributed by atoms with van der Waals surface area (Å²) in [5.74, 6) is 1.83. The Bertz CT molecular complexity index is 1320. The highest BCUT2D eigenvalue weighted by molar-refractivity contribution is 5.98. The SMILES string of the molecule is Cc1ncc(-c2ccc3nnc(CC(=O)c4ccnc(N5CCN(C)CC5)c4)cc3c2)n1C. The molecule has 4 aromatic rings. The van der Waals surface area contributed by atoms with Crippen LogP contribution >= 0.6 is 0 Å². The lowest BCUT2D eigenvalue weighted by atomic mass is 10.0. The van der Waals surface area contributed by atoms with Crippen LogP contribution in [0.15, 0.2) is 48.8 Å². The normalized spacial score (nSPS) is 14.7. The molecule has 8 nitrogen and oxygen atoms in total. The first-order chi connectivity index (χ1) is 16.0. The van der Waals surface area contributed by atoms with E-state index >= 15 is 0 Å². The van der Waals surface area contributed by atoms with E-state index in [1.54, 1.807) is 12.3 Å². The lowest BCUT2D eigenvalue weighted by Crippen LogP contribution is -2.44. The first kappa shape index (κ1) is 21.2. The summed E-state index contributed by atoms with van der Waals surface area (Å²) in [6.07, 6.45) is 3.79. The number of hydrogen-bond acceptors (Lipinski definition) is 7. The first-order valence-electron chi connectivity index (χ1n) is 11.2. The van der Waals surface area contributed by atoms with Gasteiger partial charge in [-0.1, -0.05) is 6.07 Å². The number of carbonyl (C=O) groups is 1. The highest BCUT2D eigenvalue weighted by Gasteiger charge is 2.17. The number of ketones is 1. The summed E-state index contributed by atoms with van der Waals surface area (Å²) in [7, 11) is 4.12. The van der Waals surface area contributed by atoms with Crippen LogP contribution < -0.4 is 4.90 Å². The van der Waals surface area contributed by atoms with E-state index in [0.29, 0.717) is 11.3 Å². The second-order valence-corrected chi connectivity index (χ2v) is 8.65. The van der Waals surface area contributed by atoms with Crippen LogP contribution in [0.2, 0.25) is 0 Å². The topological polar surface area (TPSA) is 80.0 Å². The van der Waals surface area contributed by atoms with Crippen molar-refractivity contribution >= 4 is 22.5 Å². The summed E-state index contributed by atoms with van der Waals surface area (Å²) in [5.41, 5.74) is 4.21. The van der Waals surface area contributed by atoms with E-state index in [-0.39, 0.29) is 12.2 Å². The average molecular weight is 442 g/mol. The van der Waals surface area contributed by atoms with Crippen LogP contribution in [0.1, 0.15) is 21.9 Å². The number of rotatable bonds is 5. The lowest BCUT2D eigenvalue weighted by Gasteiger charge is -2.33. The van der Waals surface area contributed by atoms with Crippen molar-refractivity contribution in [2.45, 2.75) is 13.3 Å². The Morgan fingerprint density at radius 3 is 2.55 bits per heavy atom. The molecule has 0 radical (unpaired) electrons. The smallest absolute Gasteiger partial charge is 0.169 e. The quantitative estimate of drug-likeness (QED) is 0.441. The van der Waals surface area contributed by atoms with Crippen LogP contribution in [-0.4, -0.2) is 68.6 Å². The van der Waals surface area contributed by atoms with E-state index in [1.807, 2.05) is 44.4 Å². The molecular weight excluding hydrogens is 414 g/mol. The Kier molecular flexibility index (Phi) is 5.60. The number of anilines is 1. The van der Waals surface area contributed by atoms with Gasteiger partial charge >= 0.3 is 0 Å². The van der Waals surface area contributed by atoms with Crippen molar-refractivity contribution in [1.29, 1.82) is 0 Å². The minimum absolute atomic E-state index is 0.0137. The van der Waals surface area contributed by atoms with Gasteiger partial charge in [0.1, 0.15) is 11.6 Å². The van der Waals surface area contributed by atoms with Gasteiger partial charge in [0.05, 0.1) is 29.5 Å². The number of piperazine rings is 1. The van der Waals surface area contributed by atoms with Gasteiger partial charge in [0, 0.05) is 55.9 Å². The fourth-order valence-corrected chi connectivity index (χ4v) is 4.17. The van der Waals surface area contributed by atoms with Crippen LogP contribution in [0, 0.1) is 6.92 Å². The lowest BCUT2D eigenvalue weighted by molar-refractivity contribution is 0.0991. The van der Waals surface area contributed by atoms with Gasteiger partial charge in [-0.05, 0) is 44.3 Å². The van der Waals surface area contributed by atoms with Gasteiger partial charge < -0.3 is 14.4 Å². The molecule has 1 aliphatic rings. The number of hydrogen-bond donors (Lipinski definition) is 0. The van der Waals surface area contributed by atoms with Crippen LogP contribution in [-0.2, 0) is 13.5 Å². The summed E-state index contributed by atoms with van der Waals surface area (Å²) >= 11 is 0. The molecule has 8 heteroatoms. The number of Topliss-reactive ketones (excluding diaryl/α,β-unsaturated/α-hetero) is 1. The van der Waals surface area contributed by atoms with E-state index in [9.17, 15) is 4.79 Å². The standard InChI is InChI=1S/C25H27N7O/c1-17-27-16-23(31(17)3)18-4-5-22-20(12-18)13-21(28-29-22)15-24(33)19-6-7-26-25(14-19)32-10-8-30(2)9-11-32/h4-7,12-14,16H,8-11,15H2,1-3H3. The van der Waals surface area contributed by atoms with E-state index in [0.717, 1.165) is 60.0 Å². The molecule has 33 heavy (non-hydrogen) atoms. The summed E-state index contributed by atoms with van der Waals surface area (Å²) in [6.45, 7) is 5.79. The Morgan fingerprint density at radius 2 is 1.79 bits per heavy atom. The minimum atomic E-state index is 0.0137. The second-order valence-electron chi connectivity index (χ2n) is 8.65. The minimum Gasteiger partial charge on any atom is -0.354 e. The molecule has 1 fully saturated rings. The van der Waals surface area contributed by atoms with Crippen LogP contribution in [0.4, 0.5) is 5.82 Å². The summed E-state index contributed by atoms with van der Waals surface area (Å²) in [5, 5.41) is 9.59. The molecule has 0 unspecified atom stereocenters. The number of likely N-dealkylation sites (N-methyl/N-ethyl adjacent to an activating group) is 1. The first-order valence-corrected chi connectivity index (χ1v) is 11.2. The largest absolute Gasteiger partial charge is 0.354 e. The molecule has 4 heterocycles. The van der Waals surface area contributed by atoms with Crippen LogP contribution in [0.25, 0.3) is 22.2 Å². The van der Waals surface area contributed by atoms with Gasteiger partial charge in [0.15, 0.2) is 5.78 Å². The van der Waals surface area contributed by atoms with Gasteiger partial charge in [-0.15, -0.1) is 0 Å². The van der Waals surface area contributed by atoms with Crippen molar-refractivity contribution in [2.75, 3.05) is 38.1 Å². The molecule has 0 spiro atoms. The van der Waals surface area contributed by atoms with Gasteiger partial charge in [-0.2, -0.15) is 10.2 Å². The summed E-state index contributed by atoms with van der Waals surface area (Å²) in [4.78, 5) is 26.4. The van der Waals surface area contributed by atoms with Crippen molar-refractivity contribution in [3.63, 3.8) is 0 Å². The number of fused-ring (bicyclic) bond motifs is 1. The molecule has 3 aromatic heterocycles. The van der Waals surface area contributed by atoms with Gasteiger partial charge in [-0.25, -0.2) is 9.97 Å². The number of benzene rings is 1. The van der Waals surface area contributed by atoms with Gasteiger partial charge in [0.2, 0.25) is 0 Å². The molecule has 0 atom stereocenters. The number of aromatic nitrogens is 5. The number of imidazole rings is 1. The molecule has 0 N–H and O–H groups in total. The zero-order valence-corrected chi connectivity index (χ0v) is 19.2. The van der Waals surface area contributed by atoms with Crippen molar-refractivity contribution in [3.8, 4) is 11.3 Å². The molecule has 1 saturated heterocycles. The Balaban J connectivity index is 1.37. The number of pyridine rings is 1. The maximum atomic E-state index is 13.0. The molecular formula is C25H27N7O. The molecule has 5 rings (SSSR count). The predicted octanol–water partition coefficient (Wildman–Crippen LogP) is 2.91. The van der Waals surface area contributed by atoms with Crippen molar-refractivity contribution in [2.24, 2.45) is 7.05 Å². The van der Waals surface area contributed by atoms with Crippen LogP contribution in [0.5, 0.6) is 0 Å². The van der Waals surface area contributed by atoms with E-state index in [1.165, 1.54) is 0 Å². The molecule has 1 aromatic carbocycles. The maximum absolute atomic E-state index is 13.0. The van der Waals surface area contributed by atoms with E-state index < -0.39 is 0 Å². The Hall–Kier alpha value is -3.65. The second kappa shape index (κ2) is 8.71. The molecule has 0 saturated carbocycles. The number of nitrogens with zero attached hydrogens (tertiary/aromatic N) is 7. The molecule has 168 valence electrons. The third-order valence-corrected chi connectivity index (χ3v) is 6.39. The maximum Gasteiger partial charge on any atom is 0.169 e. The number of aryl methyl sites for hydroxylation is 1. The monoisotopic (exact) mass is 441 g/mol. The highest BCUT2D eigenvalue weighted by atomic mass is 16.1. The third-order valence-electron chi connectivity index (χ3n) is 6.39. The molecule has 0 aliphatic carbocycles. The fourth-order valence-electron chi connectivity index (χ4n) is 4.17. The Morgan fingerprint density at radius 1 is 0.970 bits per heavy atom. The van der Waals surface area contributed by atoms with E-state index in [2.05, 4.69) is 47.6 Å². The van der Waals surface area contributed by atoms with E-state index in [4.69, 9.17) is 0 Å². The molecule has 1 aliphatic heterocycles. The summed E-state index contributed by atoms with van der Waals surface area (Å²) < 4.78 is 2.06. The summed E-state index contributed by atoms with van der Waals surface area (Å²) in [6, 6.07) is 11.7. The zero-order chi connectivity index (χ0) is 22.9. The third kappa shape index (κ3) is 4.34. The van der Waals surface area contributed by atoms with Crippen molar-refractivity contribution in [1.82, 2.24) is 29.6 Å². The van der Waals surface area contributed by atoms with Gasteiger partial charge in [-0.3, -0.25) is 4.79 Å². The molecule has 0 bridgehead atoms. The Labute approximate surface area is 192 Å². The van der Waals surface area contributed by atoms with Gasteiger partial charge in [0.25, 0.3) is 0 Å². The van der Waals surface area contributed by atoms with Crippen LogP contribution in [0.3, 0.4) is 0 Å². The average Bonchev–Trinajstić information content (AvgIpc) is 3.17. The molecule has 0 amide bonds.